The predicted octanol–water partition coefficient (Wildman–Crippen LogP) is 3.04. The van der Waals surface area contributed by atoms with E-state index in [2.05, 4.69) is 27.3 Å². The highest BCUT2D eigenvalue weighted by atomic mass is 16.1. The molecule has 1 aromatic heterocycles. The molecule has 1 amide bonds. The van der Waals surface area contributed by atoms with Crippen LogP contribution in [0.1, 0.15) is 35.3 Å². The molecule has 1 aliphatic heterocycles. The Labute approximate surface area is 137 Å². The zero-order chi connectivity index (χ0) is 15.9. The quantitative estimate of drug-likeness (QED) is 0.834. The number of hydrogen-bond donors (Lipinski definition) is 1. The van der Waals surface area contributed by atoms with Crippen LogP contribution in [0.2, 0.25) is 0 Å². The van der Waals surface area contributed by atoms with Gasteiger partial charge in [-0.05, 0) is 43.4 Å². The number of carbonyl (C=O) groups is 1. The average molecular weight is 309 g/mol. The van der Waals surface area contributed by atoms with Crippen molar-refractivity contribution in [3.8, 4) is 0 Å². The molecule has 0 radical (unpaired) electrons. The summed E-state index contributed by atoms with van der Waals surface area (Å²) in [5.74, 6) is -0.0842. The third kappa shape index (κ3) is 4.31. The maximum atomic E-state index is 12.2. The van der Waals surface area contributed by atoms with Gasteiger partial charge in [-0.15, -0.1) is 0 Å². The summed E-state index contributed by atoms with van der Waals surface area (Å²) >= 11 is 0. The number of pyridine rings is 1. The molecule has 1 aromatic carbocycles. The largest absolute Gasteiger partial charge is 0.371 e. The van der Waals surface area contributed by atoms with Crippen molar-refractivity contribution in [3.63, 3.8) is 0 Å². The lowest BCUT2D eigenvalue weighted by Crippen LogP contribution is -2.26. The van der Waals surface area contributed by atoms with Gasteiger partial charge < -0.3 is 10.2 Å². The van der Waals surface area contributed by atoms with Crippen molar-refractivity contribution in [1.82, 2.24) is 10.3 Å². The van der Waals surface area contributed by atoms with E-state index in [9.17, 15) is 4.79 Å². The summed E-state index contributed by atoms with van der Waals surface area (Å²) in [4.78, 5) is 18.8. The lowest BCUT2D eigenvalue weighted by Gasteiger charge is -2.17. The molecule has 4 nitrogen and oxygen atoms in total. The minimum absolute atomic E-state index is 0.0842. The summed E-state index contributed by atoms with van der Waals surface area (Å²) < 4.78 is 0. The predicted molar refractivity (Wildman–Crippen MR) is 92.8 cm³/mol. The van der Waals surface area contributed by atoms with Crippen LogP contribution >= 0.6 is 0 Å². The Hall–Kier alpha value is -2.36. The van der Waals surface area contributed by atoms with Crippen molar-refractivity contribution in [3.05, 3.63) is 59.9 Å². The molecule has 1 fully saturated rings. The monoisotopic (exact) mass is 309 g/mol. The van der Waals surface area contributed by atoms with Gasteiger partial charge in [-0.3, -0.25) is 9.78 Å². The third-order valence-corrected chi connectivity index (χ3v) is 4.22. The molecule has 0 bridgehead atoms. The molecule has 0 atom stereocenters. The van der Waals surface area contributed by atoms with Crippen LogP contribution in [0.5, 0.6) is 0 Å². The van der Waals surface area contributed by atoms with Crippen LogP contribution in [0.15, 0.2) is 48.7 Å². The molecule has 120 valence electrons. The van der Waals surface area contributed by atoms with Crippen LogP contribution in [0, 0.1) is 0 Å². The highest BCUT2D eigenvalue weighted by Gasteiger charge is 2.14. The molecule has 0 spiro atoms. The van der Waals surface area contributed by atoms with E-state index in [1.165, 1.54) is 18.4 Å². The fourth-order valence-electron chi connectivity index (χ4n) is 2.95. The summed E-state index contributed by atoms with van der Waals surface area (Å²) in [5, 5.41) is 2.97. The van der Waals surface area contributed by atoms with Gasteiger partial charge >= 0.3 is 0 Å². The van der Waals surface area contributed by atoms with Crippen LogP contribution in [0.4, 0.5) is 5.69 Å². The fraction of sp³-hybridized carbons (Fsp3) is 0.368. The molecule has 2 aromatic rings. The first kappa shape index (κ1) is 15.5. The number of hydrogen-bond acceptors (Lipinski definition) is 3. The van der Waals surface area contributed by atoms with Crippen LogP contribution in [-0.4, -0.2) is 30.5 Å². The zero-order valence-corrected chi connectivity index (χ0v) is 13.4. The van der Waals surface area contributed by atoms with Gasteiger partial charge in [-0.2, -0.15) is 0 Å². The zero-order valence-electron chi connectivity index (χ0n) is 13.4. The van der Waals surface area contributed by atoms with Crippen molar-refractivity contribution < 1.29 is 4.79 Å². The Morgan fingerprint density at radius 2 is 1.91 bits per heavy atom. The molecule has 1 saturated heterocycles. The second kappa shape index (κ2) is 7.77. The first-order valence-electron chi connectivity index (χ1n) is 8.36. The van der Waals surface area contributed by atoms with Gasteiger partial charge in [0.2, 0.25) is 0 Å². The van der Waals surface area contributed by atoms with Gasteiger partial charge in [0.1, 0.15) is 5.69 Å². The molecular weight excluding hydrogens is 286 g/mol. The van der Waals surface area contributed by atoms with E-state index >= 15 is 0 Å². The number of rotatable bonds is 6. The summed E-state index contributed by atoms with van der Waals surface area (Å²) in [6.45, 7) is 2.81. The van der Waals surface area contributed by atoms with Gasteiger partial charge in [0.05, 0.1) is 0 Å². The summed E-state index contributed by atoms with van der Waals surface area (Å²) in [6, 6.07) is 14.2. The Morgan fingerprint density at radius 3 is 2.70 bits per heavy atom. The SMILES string of the molecule is O=C(NCCCc1ccccc1)c1cc(N2CCCC2)ccn1. The Kier molecular flexibility index (Phi) is 5.25. The topological polar surface area (TPSA) is 45.2 Å². The minimum atomic E-state index is -0.0842. The third-order valence-electron chi connectivity index (χ3n) is 4.22. The van der Waals surface area contributed by atoms with Crippen LogP contribution in [0.3, 0.4) is 0 Å². The van der Waals surface area contributed by atoms with Gasteiger partial charge in [0, 0.05) is 31.5 Å². The number of amides is 1. The van der Waals surface area contributed by atoms with E-state index in [0.717, 1.165) is 31.6 Å². The normalized spacial score (nSPS) is 14.0. The minimum Gasteiger partial charge on any atom is -0.371 e. The smallest absolute Gasteiger partial charge is 0.269 e. The number of carbonyl (C=O) groups excluding carboxylic acids is 1. The number of aryl methyl sites for hydroxylation is 1. The molecule has 1 N–H and O–H groups in total. The molecule has 0 aliphatic carbocycles. The molecule has 1 aliphatic rings. The highest BCUT2D eigenvalue weighted by molar-refractivity contribution is 5.93. The number of aromatic nitrogens is 1. The standard InChI is InChI=1S/C19H23N3O/c23-19(21-11-6-9-16-7-2-1-3-8-16)18-15-17(10-12-20-18)22-13-4-5-14-22/h1-3,7-8,10,12,15H,4-6,9,11,13-14H2,(H,21,23). The summed E-state index contributed by atoms with van der Waals surface area (Å²) in [5.41, 5.74) is 2.91. The van der Waals surface area contributed by atoms with E-state index < -0.39 is 0 Å². The van der Waals surface area contributed by atoms with Crippen molar-refractivity contribution in [2.75, 3.05) is 24.5 Å². The van der Waals surface area contributed by atoms with Crippen molar-refractivity contribution in [1.29, 1.82) is 0 Å². The summed E-state index contributed by atoms with van der Waals surface area (Å²) in [7, 11) is 0. The number of benzene rings is 1. The second-order valence-electron chi connectivity index (χ2n) is 5.94. The number of nitrogens with one attached hydrogen (secondary N) is 1. The van der Waals surface area contributed by atoms with Gasteiger partial charge in [0.25, 0.3) is 5.91 Å². The summed E-state index contributed by atoms with van der Waals surface area (Å²) in [6.07, 6.45) is 6.09. The molecule has 0 unspecified atom stereocenters. The van der Waals surface area contributed by atoms with E-state index in [1.807, 2.05) is 30.3 Å². The van der Waals surface area contributed by atoms with Crippen molar-refractivity contribution >= 4 is 11.6 Å². The first-order valence-corrected chi connectivity index (χ1v) is 8.36. The highest BCUT2D eigenvalue weighted by Crippen LogP contribution is 2.19. The molecule has 23 heavy (non-hydrogen) atoms. The van der Waals surface area contributed by atoms with Gasteiger partial charge in [-0.1, -0.05) is 30.3 Å². The van der Waals surface area contributed by atoms with Crippen molar-refractivity contribution in [2.24, 2.45) is 0 Å². The van der Waals surface area contributed by atoms with Gasteiger partial charge in [-0.25, -0.2) is 0 Å². The van der Waals surface area contributed by atoms with E-state index in [0.29, 0.717) is 12.2 Å². The molecule has 2 heterocycles. The van der Waals surface area contributed by atoms with Gasteiger partial charge in [0.15, 0.2) is 0 Å². The lowest BCUT2D eigenvalue weighted by molar-refractivity contribution is 0.0948. The maximum absolute atomic E-state index is 12.2. The van der Waals surface area contributed by atoms with E-state index in [1.54, 1.807) is 6.20 Å². The number of anilines is 1. The van der Waals surface area contributed by atoms with Crippen LogP contribution in [0.25, 0.3) is 0 Å². The van der Waals surface area contributed by atoms with Crippen molar-refractivity contribution in [2.45, 2.75) is 25.7 Å². The molecule has 0 saturated carbocycles. The lowest BCUT2D eigenvalue weighted by atomic mass is 10.1. The number of nitrogens with zero attached hydrogens (tertiary/aromatic N) is 2. The maximum Gasteiger partial charge on any atom is 0.269 e. The van der Waals surface area contributed by atoms with Crippen LogP contribution in [-0.2, 0) is 6.42 Å². The Bertz CT molecular complexity index is 636. The Balaban J connectivity index is 1.49. The van der Waals surface area contributed by atoms with Crippen LogP contribution < -0.4 is 10.2 Å². The Morgan fingerprint density at radius 1 is 1.13 bits per heavy atom. The molecular formula is C19H23N3O. The average Bonchev–Trinajstić information content (AvgIpc) is 3.14. The van der Waals surface area contributed by atoms with E-state index in [4.69, 9.17) is 0 Å². The molecule has 3 rings (SSSR count). The molecule has 4 heteroatoms. The first-order chi connectivity index (χ1) is 11.3. The fourth-order valence-corrected chi connectivity index (χ4v) is 2.95. The second-order valence-corrected chi connectivity index (χ2v) is 5.94. The van der Waals surface area contributed by atoms with E-state index in [-0.39, 0.29) is 5.91 Å².